The zero-order chi connectivity index (χ0) is 24.8. The molecule has 36 heavy (non-hydrogen) atoms. The summed E-state index contributed by atoms with van der Waals surface area (Å²) < 4.78 is 5.91. The van der Waals surface area contributed by atoms with Gasteiger partial charge in [0.15, 0.2) is 5.76 Å². The molecule has 0 bridgehead atoms. The van der Waals surface area contributed by atoms with Crippen molar-refractivity contribution in [3.8, 4) is 39.5 Å². The van der Waals surface area contributed by atoms with Crippen LogP contribution < -0.4 is 5.63 Å². The van der Waals surface area contributed by atoms with Crippen LogP contribution >= 0.6 is 0 Å². The molecule has 0 radical (unpaired) electrons. The lowest BCUT2D eigenvalue weighted by atomic mass is 9.90. The molecule has 6 rings (SSSR count). The van der Waals surface area contributed by atoms with E-state index in [4.69, 9.17) is 4.42 Å². The van der Waals surface area contributed by atoms with Crippen molar-refractivity contribution in [2.24, 2.45) is 0 Å². The molecule has 174 valence electrons. The van der Waals surface area contributed by atoms with E-state index in [0.29, 0.717) is 33.4 Å². The van der Waals surface area contributed by atoms with Gasteiger partial charge in [0.25, 0.3) is 0 Å². The highest BCUT2D eigenvalue weighted by Gasteiger charge is 2.22. The molecule has 0 aliphatic carbocycles. The monoisotopic (exact) mass is 469 g/mol. The maximum absolute atomic E-state index is 13.0. The van der Waals surface area contributed by atoms with Gasteiger partial charge in [0.1, 0.15) is 11.4 Å². The molecule has 0 saturated carbocycles. The summed E-state index contributed by atoms with van der Waals surface area (Å²) in [5.41, 5.74) is 5.65. The highest BCUT2D eigenvalue weighted by atomic mass is 16.4. The Kier molecular flexibility index (Phi) is 5.15. The molecule has 0 fully saturated rings. The average Bonchev–Trinajstić information content (AvgIpc) is 2.89. The summed E-state index contributed by atoms with van der Waals surface area (Å²) in [5.74, 6) is 0.443. The van der Waals surface area contributed by atoms with Gasteiger partial charge in [-0.1, -0.05) is 72.3 Å². The molecule has 0 unspecified atom stereocenters. The molecule has 0 spiro atoms. The van der Waals surface area contributed by atoms with Gasteiger partial charge < -0.3 is 9.52 Å². The minimum Gasteiger partial charge on any atom is -0.507 e. The van der Waals surface area contributed by atoms with Gasteiger partial charge in [-0.2, -0.15) is 0 Å². The molecule has 4 aromatic carbocycles. The normalized spacial score (nSPS) is 11.3. The molecule has 2 heterocycles. The second-order valence-electron chi connectivity index (χ2n) is 9.13. The van der Waals surface area contributed by atoms with Crippen molar-refractivity contribution >= 4 is 21.5 Å². The zero-order valence-electron chi connectivity index (χ0n) is 19.9. The Morgan fingerprint density at radius 3 is 2.25 bits per heavy atom. The molecule has 1 N–H and O–H groups in total. The Morgan fingerprint density at radius 1 is 0.694 bits per heavy atom. The molecule has 0 amide bonds. The number of fused-ring (bicyclic) bond motifs is 2. The topological polar surface area (TPSA) is 63.3 Å². The number of aromatic nitrogens is 1. The fraction of sp³-hybridized carbons (Fsp3) is 0.0625. The van der Waals surface area contributed by atoms with Crippen LogP contribution in [0.5, 0.6) is 5.75 Å². The van der Waals surface area contributed by atoms with Crippen LogP contribution in [0, 0.1) is 13.8 Å². The van der Waals surface area contributed by atoms with Crippen molar-refractivity contribution in [2.45, 2.75) is 13.8 Å². The number of nitrogens with zero attached hydrogens (tertiary/aromatic N) is 1. The molecule has 0 aliphatic heterocycles. The molecule has 0 aliphatic rings. The minimum atomic E-state index is -0.438. The van der Waals surface area contributed by atoms with Gasteiger partial charge in [-0.25, -0.2) is 4.79 Å². The number of phenolic OH excluding ortho intramolecular Hbond substituents is 1. The third-order valence-electron chi connectivity index (χ3n) is 6.58. The quantitative estimate of drug-likeness (QED) is 0.289. The first-order valence-electron chi connectivity index (χ1n) is 11.8. The Labute approximate surface area is 208 Å². The first kappa shape index (κ1) is 21.8. The summed E-state index contributed by atoms with van der Waals surface area (Å²) in [7, 11) is 0. The van der Waals surface area contributed by atoms with Crippen molar-refractivity contribution in [1.29, 1.82) is 0 Å². The lowest BCUT2D eigenvalue weighted by Crippen LogP contribution is -2.04. The number of aromatic hydroxyl groups is 1. The van der Waals surface area contributed by atoms with Gasteiger partial charge in [0, 0.05) is 22.7 Å². The second kappa shape index (κ2) is 8.51. The lowest BCUT2D eigenvalue weighted by Gasteiger charge is -2.16. The summed E-state index contributed by atoms with van der Waals surface area (Å²) in [6, 6.07) is 29.3. The van der Waals surface area contributed by atoms with Crippen molar-refractivity contribution in [1.82, 2.24) is 4.98 Å². The molecule has 4 nitrogen and oxygen atoms in total. The Morgan fingerprint density at radius 2 is 1.47 bits per heavy atom. The van der Waals surface area contributed by atoms with Crippen LogP contribution in [0.3, 0.4) is 0 Å². The molecular weight excluding hydrogens is 446 g/mol. The lowest BCUT2D eigenvalue weighted by molar-refractivity contribution is 0.477. The largest absolute Gasteiger partial charge is 0.507 e. The van der Waals surface area contributed by atoms with Crippen LogP contribution in [0.2, 0.25) is 0 Å². The first-order valence-corrected chi connectivity index (χ1v) is 11.8. The van der Waals surface area contributed by atoms with Crippen LogP contribution in [0.1, 0.15) is 11.1 Å². The standard InChI is InChI=1S/C32H23NO3/c1-19-6-5-7-22(16-19)23-12-11-21-13-15-28(34)29(26(21)17-23)30-24-8-3-4-9-25(24)32(35)36-31(30)27-14-10-20(2)18-33-27/h3-18,34H,1-2H3. The fourth-order valence-corrected chi connectivity index (χ4v) is 4.81. The highest BCUT2D eigenvalue weighted by Crippen LogP contribution is 2.44. The Bertz CT molecular complexity index is 1830. The van der Waals surface area contributed by atoms with Crippen molar-refractivity contribution in [3.63, 3.8) is 0 Å². The maximum atomic E-state index is 13.0. The Hall–Kier alpha value is -4.70. The van der Waals surface area contributed by atoms with Crippen LogP contribution in [-0.4, -0.2) is 10.1 Å². The maximum Gasteiger partial charge on any atom is 0.344 e. The molecular formula is C32H23NO3. The molecule has 6 aromatic rings. The number of pyridine rings is 1. The van der Waals surface area contributed by atoms with Gasteiger partial charge in [-0.3, -0.25) is 4.98 Å². The third kappa shape index (κ3) is 3.64. The first-order chi connectivity index (χ1) is 17.5. The third-order valence-corrected chi connectivity index (χ3v) is 6.58. The van der Waals surface area contributed by atoms with E-state index in [9.17, 15) is 9.90 Å². The summed E-state index contributed by atoms with van der Waals surface area (Å²) >= 11 is 0. The number of hydrogen-bond donors (Lipinski definition) is 1. The number of benzene rings is 4. The number of hydrogen-bond acceptors (Lipinski definition) is 4. The fourth-order valence-electron chi connectivity index (χ4n) is 4.81. The summed E-state index contributed by atoms with van der Waals surface area (Å²) in [6.07, 6.45) is 1.74. The van der Waals surface area contributed by atoms with Gasteiger partial charge in [-0.05, 0) is 65.6 Å². The minimum absolute atomic E-state index is 0.108. The summed E-state index contributed by atoms with van der Waals surface area (Å²) in [6.45, 7) is 4.03. The predicted octanol–water partition coefficient (Wildman–Crippen LogP) is 7.66. The van der Waals surface area contributed by atoms with Crippen molar-refractivity contribution in [3.05, 3.63) is 119 Å². The van der Waals surface area contributed by atoms with Crippen molar-refractivity contribution < 1.29 is 9.52 Å². The van der Waals surface area contributed by atoms with E-state index in [2.05, 4.69) is 48.3 Å². The van der Waals surface area contributed by atoms with Crippen LogP contribution in [-0.2, 0) is 0 Å². The van der Waals surface area contributed by atoms with E-state index >= 15 is 0 Å². The van der Waals surface area contributed by atoms with E-state index in [-0.39, 0.29) is 5.75 Å². The highest BCUT2D eigenvalue weighted by molar-refractivity contribution is 6.11. The van der Waals surface area contributed by atoms with Gasteiger partial charge in [0.05, 0.1) is 5.39 Å². The summed E-state index contributed by atoms with van der Waals surface area (Å²) in [5, 5.41) is 14.3. The smallest absolute Gasteiger partial charge is 0.344 e. The average molecular weight is 470 g/mol. The molecule has 2 aromatic heterocycles. The number of rotatable bonds is 3. The van der Waals surface area contributed by atoms with Crippen LogP contribution in [0.15, 0.2) is 106 Å². The molecule has 0 atom stereocenters. The summed E-state index contributed by atoms with van der Waals surface area (Å²) in [4.78, 5) is 17.5. The van der Waals surface area contributed by atoms with E-state index in [1.54, 1.807) is 18.3 Å². The van der Waals surface area contributed by atoms with Gasteiger partial charge in [0.2, 0.25) is 0 Å². The van der Waals surface area contributed by atoms with Crippen LogP contribution in [0.4, 0.5) is 0 Å². The van der Waals surface area contributed by atoms with E-state index in [1.807, 2.05) is 49.4 Å². The predicted molar refractivity (Wildman–Crippen MR) is 145 cm³/mol. The van der Waals surface area contributed by atoms with E-state index in [1.165, 1.54) is 5.56 Å². The molecule has 0 saturated heterocycles. The second-order valence-corrected chi connectivity index (χ2v) is 9.13. The van der Waals surface area contributed by atoms with Gasteiger partial charge in [-0.15, -0.1) is 0 Å². The number of aryl methyl sites for hydroxylation is 2. The Balaban J connectivity index is 1.74. The SMILES string of the molecule is Cc1ccc(-c2oc(=O)c3ccccc3c2-c2c(O)ccc3ccc(-c4cccc(C)c4)cc23)nc1. The number of phenols is 1. The van der Waals surface area contributed by atoms with E-state index < -0.39 is 5.63 Å². The zero-order valence-corrected chi connectivity index (χ0v) is 19.9. The van der Waals surface area contributed by atoms with E-state index in [0.717, 1.165) is 27.5 Å². The molecule has 4 heteroatoms. The van der Waals surface area contributed by atoms with Crippen molar-refractivity contribution in [2.75, 3.05) is 0 Å². The van der Waals surface area contributed by atoms with Crippen LogP contribution in [0.25, 0.3) is 55.3 Å². The van der Waals surface area contributed by atoms with Gasteiger partial charge >= 0.3 is 5.63 Å².